The number of nitrogens with one attached hydrogen (secondary N) is 2. The van der Waals surface area contributed by atoms with Crippen LogP contribution in [-0.2, 0) is 9.53 Å². The zero-order chi connectivity index (χ0) is 20.5. The van der Waals surface area contributed by atoms with Crippen molar-refractivity contribution in [2.45, 2.75) is 32.1 Å². The number of rotatable bonds is 11. The van der Waals surface area contributed by atoms with Gasteiger partial charge >= 0.3 is 12.0 Å². The second-order valence-corrected chi connectivity index (χ2v) is 6.45. The molecule has 9 nitrogen and oxygen atoms in total. The van der Waals surface area contributed by atoms with Crippen molar-refractivity contribution in [3.05, 3.63) is 29.3 Å². The van der Waals surface area contributed by atoms with E-state index >= 15 is 0 Å². The summed E-state index contributed by atoms with van der Waals surface area (Å²) in [6.45, 7) is 1.16. The van der Waals surface area contributed by atoms with Gasteiger partial charge in [-0.25, -0.2) is 4.79 Å². The van der Waals surface area contributed by atoms with Crippen LogP contribution in [0, 0.1) is 0 Å². The monoisotopic (exact) mass is 391 g/mol. The number of anilines is 1. The Bertz CT molecular complexity index is 749. The molecule has 1 heterocycles. The fourth-order valence-corrected chi connectivity index (χ4v) is 2.89. The average molecular weight is 391 g/mol. The molecule has 1 aliphatic heterocycles. The number of aliphatic carboxylic acids is 1. The summed E-state index contributed by atoms with van der Waals surface area (Å²) in [5.41, 5.74) is 1.02. The molecule has 0 spiro atoms. The highest BCUT2D eigenvalue weighted by atomic mass is 16.5. The Morgan fingerprint density at radius 3 is 2.54 bits per heavy atom. The normalized spacial score (nSPS) is 12.8. The van der Waals surface area contributed by atoms with E-state index in [1.807, 2.05) is 0 Å². The molecule has 0 fully saturated rings. The van der Waals surface area contributed by atoms with Crippen LogP contribution < -0.4 is 10.6 Å². The van der Waals surface area contributed by atoms with Crippen molar-refractivity contribution in [3.63, 3.8) is 0 Å². The molecule has 0 atom stereocenters. The molecule has 0 aromatic heterocycles. The number of carboxylic acid groups (broad SMARTS) is 1. The predicted molar refractivity (Wildman–Crippen MR) is 101 cm³/mol. The van der Waals surface area contributed by atoms with Crippen LogP contribution in [0.2, 0.25) is 0 Å². The smallest absolute Gasteiger partial charge is 0.319 e. The van der Waals surface area contributed by atoms with Crippen molar-refractivity contribution in [1.82, 2.24) is 10.2 Å². The second-order valence-electron chi connectivity index (χ2n) is 6.45. The van der Waals surface area contributed by atoms with E-state index in [2.05, 4.69) is 10.6 Å². The summed E-state index contributed by atoms with van der Waals surface area (Å²) in [5, 5.41) is 13.9. The molecule has 3 N–H and O–H groups in total. The van der Waals surface area contributed by atoms with Gasteiger partial charge in [-0.15, -0.1) is 0 Å². The Kier molecular flexibility index (Phi) is 7.94. The van der Waals surface area contributed by atoms with Crippen LogP contribution in [0.1, 0.15) is 52.8 Å². The van der Waals surface area contributed by atoms with Crippen molar-refractivity contribution >= 4 is 29.5 Å². The molecule has 0 aliphatic carbocycles. The van der Waals surface area contributed by atoms with Gasteiger partial charge in [0.15, 0.2) is 0 Å². The number of urea groups is 1. The van der Waals surface area contributed by atoms with Gasteiger partial charge in [-0.1, -0.05) is 6.42 Å². The number of hydrogen-bond acceptors (Lipinski definition) is 5. The minimum absolute atomic E-state index is 0.122. The Balaban J connectivity index is 1.84. The highest BCUT2D eigenvalue weighted by Gasteiger charge is 2.35. The van der Waals surface area contributed by atoms with Gasteiger partial charge < -0.3 is 20.5 Å². The lowest BCUT2D eigenvalue weighted by molar-refractivity contribution is -0.137. The third kappa shape index (κ3) is 5.78. The second kappa shape index (κ2) is 10.4. The number of fused-ring (bicyclic) bond motifs is 1. The van der Waals surface area contributed by atoms with Gasteiger partial charge in [0.1, 0.15) is 0 Å². The lowest BCUT2D eigenvalue weighted by atomic mass is 10.1. The first-order valence-electron chi connectivity index (χ1n) is 9.20. The van der Waals surface area contributed by atoms with Gasteiger partial charge in [-0.05, 0) is 37.5 Å². The Morgan fingerprint density at radius 1 is 1.07 bits per heavy atom. The Hall–Kier alpha value is -2.94. The summed E-state index contributed by atoms with van der Waals surface area (Å²) in [7, 11) is 1.56. The maximum atomic E-state index is 12.5. The molecule has 1 aliphatic rings. The third-order valence-corrected chi connectivity index (χ3v) is 4.31. The van der Waals surface area contributed by atoms with E-state index in [4.69, 9.17) is 9.84 Å². The fraction of sp³-hybridized carbons (Fsp3) is 0.474. The fourth-order valence-electron chi connectivity index (χ4n) is 2.89. The number of unbranched alkanes of at least 4 members (excludes halogenated alkanes) is 2. The lowest BCUT2D eigenvalue weighted by Gasteiger charge is -2.12. The van der Waals surface area contributed by atoms with Crippen LogP contribution >= 0.6 is 0 Å². The Morgan fingerprint density at radius 2 is 1.82 bits per heavy atom. The first kappa shape index (κ1) is 21.4. The SMILES string of the molecule is COCCCN1C(=O)c2ccc(NC(=O)NCCCCCC(=O)O)cc2C1=O. The number of carboxylic acids is 1. The minimum atomic E-state index is -0.826. The zero-order valence-electron chi connectivity index (χ0n) is 15.8. The van der Waals surface area contributed by atoms with Crippen molar-refractivity contribution in [3.8, 4) is 0 Å². The molecule has 4 amide bonds. The van der Waals surface area contributed by atoms with E-state index in [0.717, 1.165) is 0 Å². The molecular formula is C19H25N3O6. The number of hydrogen-bond donors (Lipinski definition) is 3. The molecule has 0 radical (unpaired) electrons. The van der Waals surface area contributed by atoms with Crippen LogP contribution in [0.5, 0.6) is 0 Å². The molecule has 0 bridgehead atoms. The van der Waals surface area contributed by atoms with Crippen molar-refractivity contribution < 1.29 is 29.0 Å². The first-order chi connectivity index (χ1) is 13.4. The van der Waals surface area contributed by atoms with E-state index in [1.54, 1.807) is 13.2 Å². The first-order valence-corrected chi connectivity index (χ1v) is 9.20. The molecule has 1 aromatic carbocycles. The number of carbonyl (C=O) groups excluding carboxylic acids is 3. The molecule has 152 valence electrons. The quantitative estimate of drug-likeness (QED) is 0.392. The number of imide groups is 1. The summed E-state index contributed by atoms with van der Waals surface area (Å²) in [6.07, 6.45) is 2.63. The summed E-state index contributed by atoms with van der Waals surface area (Å²) in [6, 6.07) is 4.19. The van der Waals surface area contributed by atoms with E-state index in [9.17, 15) is 19.2 Å². The standard InChI is InChI=1S/C19H25N3O6/c1-28-11-5-10-22-17(25)14-8-7-13(12-15(14)18(22)26)21-19(27)20-9-4-2-3-6-16(23)24/h7-8,12H,2-6,9-11H2,1H3,(H,23,24)(H2,20,21,27). The topological polar surface area (TPSA) is 125 Å². The maximum Gasteiger partial charge on any atom is 0.319 e. The molecule has 0 saturated heterocycles. The number of nitrogens with zero attached hydrogens (tertiary/aromatic N) is 1. The van der Waals surface area contributed by atoms with Crippen molar-refractivity contribution in [2.75, 3.05) is 32.1 Å². The van der Waals surface area contributed by atoms with E-state index < -0.39 is 12.0 Å². The van der Waals surface area contributed by atoms with Gasteiger partial charge in [-0.2, -0.15) is 0 Å². The molecule has 0 saturated carbocycles. The van der Waals surface area contributed by atoms with Gasteiger partial charge in [-0.3, -0.25) is 19.3 Å². The maximum absolute atomic E-state index is 12.5. The Labute approximate surface area is 163 Å². The van der Waals surface area contributed by atoms with Gasteiger partial charge in [0, 0.05) is 38.9 Å². The van der Waals surface area contributed by atoms with E-state index in [1.165, 1.54) is 17.0 Å². The van der Waals surface area contributed by atoms with Gasteiger partial charge in [0.05, 0.1) is 11.1 Å². The van der Waals surface area contributed by atoms with Crippen LogP contribution in [0.15, 0.2) is 18.2 Å². The summed E-state index contributed by atoms with van der Waals surface area (Å²) in [4.78, 5) is 48.3. The minimum Gasteiger partial charge on any atom is -0.481 e. The molecule has 2 rings (SSSR count). The average Bonchev–Trinajstić information content (AvgIpc) is 2.89. The summed E-state index contributed by atoms with van der Waals surface area (Å²) < 4.78 is 4.95. The van der Waals surface area contributed by atoms with Crippen molar-refractivity contribution in [2.24, 2.45) is 0 Å². The molecular weight excluding hydrogens is 366 g/mol. The van der Waals surface area contributed by atoms with Crippen molar-refractivity contribution in [1.29, 1.82) is 0 Å². The van der Waals surface area contributed by atoms with Gasteiger partial charge in [0.2, 0.25) is 0 Å². The lowest BCUT2D eigenvalue weighted by Crippen LogP contribution is -2.31. The third-order valence-electron chi connectivity index (χ3n) is 4.31. The van der Waals surface area contributed by atoms with E-state index in [-0.39, 0.29) is 30.3 Å². The zero-order valence-corrected chi connectivity index (χ0v) is 15.8. The van der Waals surface area contributed by atoms with Gasteiger partial charge in [0.25, 0.3) is 11.8 Å². The number of carbonyl (C=O) groups is 4. The molecule has 9 heteroatoms. The number of benzene rings is 1. The summed E-state index contributed by atoms with van der Waals surface area (Å²) >= 11 is 0. The van der Waals surface area contributed by atoms with Crippen LogP contribution in [-0.4, -0.2) is 60.6 Å². The number of methoxy groups -OCH3 is 1. The van der Waals surface area contributed by atoms with E-state index in [0.29, 0.717) is 50.1 Å². The highest BCUT2D eigenvalue weighted by Crippen LogP contribution is 2.26. The van der Waals surface area contributed by atoms with Crippen LogP contribution in [0.4, 0.5) is 10.5 Å². The number of ether oxygens (including phenoxy) is 1. The molecule has 0 unspecified atom stereocenters. The summed E-state index contributed by atoms with van der Waals surface area (Å²) in [5.74, 6) is -1.54. The number of amides is 4. The predicted octanol–water partition coefficient (Wildman–Crippen LogP) is 2.09. The molecule has 28 heavy (non-hydrogen) atoms. The highest BCUT2D eigenvalue weighted by molar-refractivity contribution is 6.21. The van der Waals surface area contributed by atoms with Crippen LogP contribution in [0.3, 0.4) is 0 Å². The van der Waals surface area contributed by atoms with Crippen LogP contribution in [0.25, 0.3) is 0 Å². The molecule has 1 aromatic rings. The largest absolute Gasteiger partial charge is 0.481 e.